The van der Waals surface area contributed by atoms with Gasteiger partial charge in [-0.3, -0.25) is 4.90 Å². The topological polar surface area (TPSA) is 28.2 Å². The molecule has 3 nitrogen and oxygen atoms in total. The molecule has 4 heteroatoms. The zero-order valence-corrected chi connectivity index (χ0v) is 12.6. The molecule has 0 radical (unpaired) electrons. The molecule has 1 aliphatic heterocycles. The van der Waals surface area contributed by atoms with Crippen molar-refractivity contribution in [1.82, 2.24) is 15.2 Å². The monoisotopic (exact) mass is 267 g/mol. The van der Waals surface area contributed by atoms with E-state index in [4.69, 9.17) is 0 Å². The molecule has 1 aromatic heterocycles. The van der Waals surface area contributed by atoms with Crippen molar-refractivity contribution in [3.05, 3.63) is 16.1 Å². The molecule has 2 heterocycles. The van der Waals surface area contributed by atoms with E-state index in [2.05, 4.69) is 36.0 Å². The first-order valence-electron chi connectivity index (χ1n) is 7.06. The quantitative estimate of drug-likeness (QED) is 0.858. The van der Waals surface area contributed by atoms with Crippen LogP contribution >= 0.6 is 11.3 Å². The number of hydrogen-bond acceptors (Lipinski definition) is 4. The van der Waals surface area contributed by atoms with Crippen molar-refractivity contribution in [3.8, 4) is 0 Å². The Morgan fingerprint density at radius 1 is 1.56 bits per heavy atom. The Kier molecular flexibility index (Phi) is 5.15. The molecule has 0 spiro atoms. The van der Waals surface area contributed by atoms with Crippen LogP contribution in [0, 0.1) is 5.92 Å². The summed E-state index contributed by atoms with van der Waals surface area (Å²) in [4.78, 5) is 8.46. The lowest BCUT2D eigenvalue weighted by Gasteiger charge is -2.16. The van der Waals surface area contributed by atoms with E-state index in [1.807, 2.05) is 17.5 Å². The minimum absolute atomic E-state index is 0.602. The van der Waals surface area contributed by atoms with Crippen LogP contribution in [0.1, 0.15) is 37.1 Å². The van der Waals surface area contributed by atoms with Crippen molar-refractivity contribution in [2.45, 2.75) is 46.2 Å². The Balaban J connectivity index is 1.75. The fourth-order valence-corrected chi connectivity index (χ4v) is 3.31. The summed E-state index contributed by atoms with van der Waals surface area (Å²) < 4.78 is 0. The van der Waals surface area contributed by atoms with E-state index in [1.54, 1.807) is 0 Å². The molecule has 102 valence electrons. The summed E-state index contributed by atoms with van der Waals surface area (Å²) in [6.07, 6.45) is 4.47. The molecule has 0 amide bonds. The lowest BCUT2D eigenvalue weighted by atomic mass is 10.1. The Bertz CT molecular complexity index is 362. The number of hydrogen-bond donors (Lipinski definition) is 1. The molecule has 0 aliphatic carbocycles. The van der Waals surface area contributed by atoms with E-state index >= 15 is 0 Å². The Morgan fingerprint density at radius 2 is 2.39 bits per heavy atom. The van der Waals surface area contributed by atoms with Crippen LogP contribution in [0.15, 0.2) is 6.20 Å². The normalized spacial score (nSPS) is 21.0. The molecule has 0 saturated carbocycles. The molecule has 1 saturated heterocycles. The van der Waals surface area contributed by atoms with Gasteiger partial charge in [0.2, 0.25) is 0 Å². The molecule has 1 aromatic rings. The van der Waals surface area contributed by atoms with Gasteiger partial charge in [0.15, 0.2) is 0 Å². The predicted molar refractivity (Wildman–Crippen MR) is 78.0 cm³/mol. The summed E-state index contributed by atoms with van der Waals surface area (Å²) in [6.45, 7) is 11.3. The van der Waals surface area contributed by atoms with Gasteiger partial charge in [0.05, 0.1) is 6.54 Å². The highest BCUT2D eigenvalue weighted by Crippen LogP contribution is 2.21. The Hall–Kier alpha value is -0.450. The van der Waals surface area contributed by atoms with Crippen molar-refractivity contribution in [3.63, 3.8) is 0 Å². The van der Waals surface area contributed by atoms with Crippen LogP contribution in [-0.4, -0.2) is 35.6 Å². The van der Waals surface area contributed by atoms with Crippen LogP contribution in [0.2, 0.25) is 0 Å². The van der Waals surface area contributed by atoms with Crippen LogP contribution in [0.5, 0.6) is 0 Å². The summed E-state index contributed by atoms with van der Waals surface area (Å²) in [7, 11) is 0. The molecule has 1 aliphatic rings. The van der Waals surface area contributed by atoms with Gasteiger partial charge in [-0.15, -0.1) is 11.3 Å². The van der Waals surface area contributed by atoms with Gasteiger partial charge in [0, 0.05) is 23.7 Å². The smallest absolute Gasteiger partial charge is 0.107 e. The van der Waals surface area contributed by atoms with E-state index in [1.165, 1.54) is 29.4 Å². The average molecular weight is 267 g/mol. The van der Waals surface area contributed by atoms with Crippen LogP contribution < -0.4 is 5.32 Å². The molecule has 0 aromatic carbocycles. The largest absolute Gasteiger partial charge is 0.314 e. The molecule has 1 atom stereocenters. The van der Waals surface area contributed by atoms with Gasteiger partial charge < -0.3 is 5.32 Å². The summed E-state index contributed by atoms with van der Waals surface area (Å²) >= 11 is 1.87. The highest BCUT2D eigenvalue weighted by atomic mass is 32.1. The third-order valence-electron chi connectivity index (χ3n) is 3.49. The second-order valence-electron chi connectivity index (χ2n) is 5.53. The van der Waals surface area contributed by atoms with Crippen molar-refractivity contribution in [2.24, 2.45) is 5.92 Å². The highest BCUT2D eigenvalue weighted by Gasteiger charge is 2.22. The predicted octanol–water partition coefficient (Wildman–Crippen LogP) is 2.53. The molecule has 0 bridgehead atoms. The first-order valence-corrected chi connectivity index (χ1v) is 7.88. The number of rotatable bonds is 6. The van der Waals surface area contributed by atoms with Gasteiger partial charge in [-0.05, 0) is 31.8 Å². The summed E-state index contributed by atoms with van der Waals surface area (Å²) in [5.74, 6) is 0.818. The van der Waals surface area contributed by atoms with E-state index in [-0.39, 0.29) is 0 Å². The number of thiazole rings is 1. The molecule has 18 heavy (non-hydrogen) atoms. The third-order valence-corrected chi connectivity index (χ3v) is 4.62. The standard InChI is InChI=1S/C14H25N3S/c1-4-13-8-16-14(18-13)10-17-6-5-12(9-17)7-15-11(2)3/h8,11-12,15H,4-7,9-10H2,1-3H3. The molecular formula is C14H25N3S. The minimum Gasteiger partial charge on any atom is -0.314 e. The van der Waals surface area contributed by atoms with Gasteiger partial charge in [-0.2, -0.15) is 0 Å². The number of likely N-dealkylation sites (tertiary alicyclic amines) is 1. The van der Waals surface area contributed by atoms with E-state index in [0.29, 0.717) is 6.04 Å². The molecular weight excluding hydrogens is 242 g/mol. The van der Waals surface area contributed by atoms with Gasteiger partial charge in [0.1, 0.15) is 5.01 Å². The maximum Gasteiger partial charge on any atom is 0.107 e. The van der Waals surface area contributed by atoms with E-state index < -0.39 is 0 Å². The van der Waals surface area contributed by atoms with Crippen molar-refractivity contribution in [2.75, 3.05) is 19.6 Å². The van der Waals surface area contributed by atoms with Crippen LogP contribution in [-0.2, 0) is 13.0 Å². The van der Waals surface area contributed by atoms with E-state index in [0.717, 1.165) is 25.4 Å². The fourth-order valence-electron chi connectivity index (χ4n) is 2.40. The maximum atomic E-state index is 4.51. The lowest BCUT2D eigenvalue weighted by molar-refractivity contribution is 0.312. The maximum absolute atomic E-state index is 4.51. The third kappa shape index (κ3) is 4.04. The number of nitrogens with zero attached hydrogens (tertiary/aromatic N) is 2. The zero-order valence-electron chi connectivity index (χ0n) is 11.8. The lowest BCUT2D eigenvalue weighted by Crippen LogP contribution is -2.30. The molecule has 1 fully saturated rings. The highest BCUT2D eigenvalue weighted by molar-refractivity contribution is 7.11. The molecule has 1 N–H and O–H groups in total. The zero-order chi connectivity index (χ0) is 13.0. The number of aryl methyl sites for hydroxylation is 1. The molecule has 1 unspecified atom stereocenters. The minimum atomic E-state index is 0.602. The fraction of sp³-hybridized carbons (Fsp3) is 0.786. The van der Waals surface area contributed by atoms with Crippen LogP contribution in [0.25, 0.3) is 0 Å². The summed E-state index contributed by atoms with van der Waals surface area (Å²) in [6, 6.07) is 0.602. The van der Waals surface area contributed by atoms with E-state index in [9.17, 15) is 0 Å². The Morgan fingerprint density at radius 3 is 3.06 bits per heavy atom. The van der Waals surface area contributed by atoms with Gasteiger partial charge in [-0.1, -0.05) is 20.8 Å². The number of nitrogens with one attached hydrogen (secondary N) is 1. The second kappa shape index (κ2) is 6.64. The SMILES string of the molecule is CCc1cnc(CN2CCC(CNC(C)C)C2)s1. The van der Waals surface area contributed by atoms with Crippen LogP contribution in [0.3, 0.4) is 0 Å². The number of aromatic nitrogens is 1. The molecule has 2 rings (SSSR count). The van der Waals surface area contributed by atoms with Gasteiger partial charge >= 0.3 is 0 Å². The van der Waals surface area contributed by atoms with Crippen molar-refractivity contribution < 1.29 is 0 Å². The Labute approximate surface area is 115 Å². The summed E-state index contributed by atoms with van der Waals surface area (Å²) in [5.41, 5.74) is 0. The van der Waals surface area contributed by atoms with Crippen LogP contribution in [0.4, 0.5) is 0 Å². The van der Waals surface area contributed by atoms with Gasteiger partial charge in [-0.25, -0.2) is 4.98 Å². The average Bonchev–Trinajstić information content (AvgIpc) is 2.96. The van der Waals surface area contributed by atoms with Crippen molar-refractivity contribution in [1.29, 1.82) is 0 Å². The first kappa shape index (κ1) is 14.0. The van der Waals surface area contributed by atoms with Gasteiger partial charge in [0.25, 0.3) is 0 Å². The first-order chi connectivity index (χ1) is 8.67. The summed E-state index contributed by atoms with van der Waals surface area (Å²) in [5, 5.41) is 4.83. The van der Waals surface area contributed by atoms with Crippen molar-refractivity contribution >= 4 is 11.3 Å². The second-order valence-corrected chi connectivity index (χ2v) is 6.73.